The van der Waals surface area contributed by atoms with Gasteiger partial charge in [0, 0.05) is 5.92 Å². The summed E-state index contributed by atoms with van der Waals surface area (Å²) in [4.78, 5) is -0.499. The second-order valence-corrected chi connectivity index (χ2v) is 9.46. The number of halogens is 5. The van der Waals surface area contributed by atoms with Crippen molar-refractivity contribution in [2.75, 3.05) is 19.8 Å². The zero-order chi connectivity index (χ0) is 24.4. The topological polar surface area (TPSA) is 72.8 Å². The number of hydrogen-bond donors (Lipinski definition) is 1. The van der Waals surface area contributed by atoms with Gasteiger partial charge < -0.3 is 14.6 Å². The minimum Gasteiger partial charge on any atom is -0.490 e. The van der Waals surface area contributed by atoms with Crippen LogP contribution in [0.3, 0.4) is 0 Å². The van der Waals surface area contributed by atoms with Crippen LogP contribution in [0.5, 0.6) is 5.75 Å². The molecule has 0 bridgehead atoms. The van der Waals surface area contributed by atoms with Crippen molar-refractivity contribution in [2.45, 2.75) is 28.8 Å². The van der Waals surface area contributed by atoms with E-state index in [4.69, 9.17) is 14.6 Å². The van der Waals surface area contributed by atoms with Crippen molar-refractivity contribution in [1.82, 2.24) is 0 Å². The lowest BCUT2D eigenvalue weighted by Gasteiger charge is -2.37. The predicted molar refractivity (Wildman–Crippen MR) is 108 cm³/mol. The normalized spacial score (nSPS) is 19.5. The van der Waals surface area contributed by atoms with Crippen molar-refractivity contribution in [3.8, 4) is 5.75 Å². The largest absolute Gasteiger partial charge is 0.490 e. The van der Waals surface area contributed by atoms with Gasteiger partial charge in [0.05, 0.1) is 41.9 Å². The van der Waals surface area contributed by atoms with Crippen LogP contribution in [0.4, 0.5) is 22.0 Å². The molecule has 3 atom stereocenters. The molecule has 0 amide bonds. The summed E-state index contributed by atoms with van der Waals surface area (Å²) in [5, 5.41) is 7.39. The molecule has 0 fully saturated rings. The number of aliphatic hydroxyl groups is 1. The monoisotopic (exact) mass is 492 g/mol. The molecule has 180 valence electrons. The number of aliphatic hydroxyl groups excluding tert-OH is 1. The molecule has 0 aromatic heterocycles. The van der Waals surface area contributed by atoms with Gasteiger partial charge in [-0.25, -0.2) is 17.2 Å². The van der Waals surface area contributed by atoms with E-state index in [0.29, 0.717) is 12.1 Å². The van der Waals surface area contributed by atoms with Gasteiger partial charge in [0.15, 0.2) is 21.4 Å². The highest BCUT2D eigenvalue weighted by Crippen LogP contribution is 2.47. The van der Waals surface area contributed by atoms with Gasteiger partial charge in [0.1, 0.15) is 11.1 Å². The maximum absolute atomic E-state index is 14.9. The van der Waals surface area contributed by atoms with Crippen molar-refractivity contribution in [3.63, 3.8) is 0 Å². The molecular formula is C22H21F5O5S. The van der Waals surface area contributed by atoms with Crippen LogP contribution < -0.4 is 4.74 Å². The smallest absolute Gasteiger partial charge is 0.416 e. The summed E-state index contributed by atoms with van der Waals surface area (Å²) in [7, 11) is -4.55. The Hall–Kier alpha value is -2.50. The van der Waals surface area contributed by atoms with E-state index < -0.39 is 66.7 Å². The Balaban J connectivity index is 2.17. The molecule has 1 aliphatic rings. The Morgan fingerprint density at radius 2 is 1.79 bits per heavy atom. The molecule has 11 heteroatoms. The quantitative estimate of drug-likeness (QED) is 0.435. The van der Waals surface area contributed by atoms with Crippen LogP contribution in [-0.2, 0) is 20.8 Å². The van der Waals surface area contributed by atoms with Gasteiger partial charge >= 0.3 is 6.18 Å². The van der Waals surface area contributed by atoms with E-state index in [1.807, 2.05) is 0 Å². The van der Waals surface area contributed by atoms with Gasteiger partial charge in [0.25, 0.3) is 0 Å². The summed E-state index contributed by atoms with van der Waals surface area (Å²) >= 11 is 0. The number of hydrogen-bond acceptors (Lipinski definition) is 5. The van der Waals surface area contributed by atoms with Gasteiger partial charge in [-0.2, -0.15) is 13.2 Å². The van der Waals surface area contributed by atoms with Crippen LogP contribution in [0, 0.1) is 17.6 Å². The summed E-state index contributed by atoms with van der Waals surface area (Å²) < 4.78 is 106. The summed E-state index contributed by atoms with van der Waals surface area (Å²) in [6.45, 7) is 2.67. The van der Waals surface area contributed by atoms with Crippen LogP contribution in [0.1, 0.15) is 22.8 Å². The number of sulfone groups is 1. The fourth-order valence-corrected chi connectivity index (χ4v) is 5.90. The average molecular weight is 492 g/mol. The molecule has 3 rings (SSSR count). The first-order chi connectivity index (χ1) is 15.5. The van der Waals surface area contributed by atoms with E-state index >= 15 is 0 Å². The molecular weight excluding hydrogens is 471 g/mol. The van der Waals surface area contributed by atoms with Crippen LogP contribution in [-0.4, -0.2) is 39.4 Å². The van der Waals surface area contributed by atoms with Gasteiger partial charge in [-0.1, -0.05) is 6.08 Å². The lowest BCUT2D eigenvalue weighted by Crippen LogP contribution is -2.41. The van der Waals surface area contributed by atoms with Gasteiger partial charge in [-0.05, 0) is 42.8 Å². The van der Waals surface area contributed by atoms with Crippen LogP contribution in [0.15, 0.2) is 53.9 Å². The highest BCUT2D eigenvalue weighted by Gasteiger charge is 2.47. The zero-order valence-corrected chi connectivity index (χ0v) is 18.0. The van der Waals surface area contributed by atoms with E-state index in [0.717, 1.165) is 24.3 Å². The van der Waals surface area contributed by atoms with Crippen molar-refractivity contribution >= 4 is 9.84 Å². The summed E-state index contributed by atoms with van der Waals surface area (Å²) in [5.74, 6) is -3.68. The number of benzene rings is 2. The van der Waals surface area contributed by atoms with Crippen molar-refractivity contribution in [3.05, 3.63) is 71.8 Å². The van der Waals surface area contributed by atoms with E-state index in [1.165, 1.54) is 6.08 Å². The Bertz CT molecular complexity index is 1100. The third kappa shape index (κ3) is 5.04. The zero-order valence-electron chi connectivity index (χ0n) is 17.2. The standard InChI is InChI=1S/C22H21F5O5S/c1-2-3-18(31-11-10-28)15-12-32-20-17(24)9-8-16(23)19(20)21(15)33(29,30)14-6-4-13(5-7-14)22(25,26)27/h2,4-9,15,18,21,28H,1,3,10-12H2/t15?,18-,21+/m1/s1. The fraction of sp³-hybridized carbons (Fsp3) is 0.364. The van der Waals surface area contributed by atoms with Crippen LogP contribution in [0.25, 0.3) is 0 Å². The molecule has 0 aliphatic carbocycles. The van der Waals surface area contributed by atoms with Crippen LogP contribution in [0.2, 0.25) is 0 Å². The van der Waals surface area contributed by atoms with Gasteiger partial charge in [-0.15, -0.1) is 6.58 Å². The third-order valence-electron chi connectivity index (χ3n) is 5.33. The maximum atomic E-state index is 14.9. The lowest BCUT2D eigenvalue weighted by molar-refractivity contribution is -0.137. The highest BCUT2D eigenvalue weighted by atomic mass is 32.2. The van der Waals surface area contributed by atoms with E-state index in [9.17, 15) is 30.4 Å². The first-order valence-corrected chi connectivity index (χ1v) is 11.4. The van der Waals surface area contributed by atoms with Crippen molar-refractivity contribution in [2.24, 2.45) is 5.92 Å². The van der Waals surface area contributed by atoms with E-state index in [-0.39, 0.29) is 26.2 Å². The average Bonchev–Trinajstić information content (AvgIpc) is 2.78. The fourth-order valence-electron chi connectivity index (χ4n) is 3.84. The van der Waals surface area contributed by atoms with E-state index in [2.05, 4.69) is 6.58 Å². The van der Waals surface area contributed by atoms with Gasteiger partial charge in [0.2, 0.25) is 0 Å². The minimum atomic E-state index is -4.68. The Morgan fingerprint density at radius 3 is 2.36 bits per heavy atom. The van der Waals surface area contributed by atoms with Crippen molar-refractivity contribution in [1.29, 1.82) is 0 Å². The second kappa shape index (κ2) is 9.78. The molecule has 0 saturated carbocycles. The Labute approximate surface area is 187 Å². The molecule has 33 heavy (non-hydrogen) atoms. The highest BCUT2D eigenvalue weighted by molar-refractivity contribution is 7.91. The SMILES string of the molecule is C=CC[C@@H](OCCO)C1COc2c(F)ccc(F)c2[C@H]1S(=O)(=O)c1ccc(C(F)(F)F)cc1. The number of ether oxygens (including phenoxy) is 2. The molecule has 1 unspecified atom stereocenters. The molecule has 1 aliphatic heterocycles. The molecule has 2 aromatic carbocycles. The maximum Gasteiger partial charge on any atom is 0.416 e. The first-order valence-electron chi connectivity index (χ1n) is 9.87. The number of alkyl halides is 3. The molecule has 0 saturated heterocycles. The minimum absolute atomic E-state index is 0.0966. The first kappa shape index (κ1) is 25.1. The number of fused-ring (bicyclic) bond motifs is 1. The Morgan fingerprint density at radius 1 is 1.15 bits per heavy atom. The summed E-state index contributed by atoms with van der Waals surface area (Å²) in [6.07, 6.45) is -4.07. The Kier molecular flexibility index (Phi) is 7.45. The lowest BCUT2D eigenvalue weighted by atomic mass is 9.89. The predicted octanol–water partition coefficient (Wildman–Crippen LogP) is 4.46. The molecule has 2 aromatic rings. The summed E-state index contributed by atoms with van der Waals surface area (Å²) in [6, 6.07) is 4.31. The molecule has 1 N–H and O–H groups in total. The third-order valence-corrected chi connectivity index (χ3v) is 7.52. The number of rotatable bonds is 8. The molecule has 0 radical (unpaired) electrons. The van der Waals surface area contributed by atoms with E-state index in [1.54, 1.807) is 0 Å². The molecule has 1 heterocycles. The molecule has 0 spiro atoms. The molecule has 5 nitrogen and oxygen atoms in total. The van der Waals surface area contributed by atoms with Gasteiger partial charge in [-0.3, -0.25) is 0 Å². The van der Waals surface area contributed by atoms with Crippen molar-refractivity contribution < 1.29 is 45.0 Å². The van der Waals surface area contributed by atoms with Crippen LogP contribution >= 0.6 is 0 Å². The summed E-state index contributed by atoms with van der Waals surface area (Å²) in [5.41, 5.74) is -1.62. The second-order valence-electron chi connectivity index (χ2n) is 7.39.